The van der Waals surface area contributed by atoms with Gasteiger partial charge in [-0.05, 0) is 26.7 Å². The Bertz CT molecular complexity index is 764. The van der Waals surface area contributed by atoms with E-state index in [-0.39, 0.29) is 5.92 Å². The van der Waals surface area contributed by atoms with Crippen LogP contribution in [0.4, 0.5) is 10.2 Å². The highest BCUT2D eigenvalue weighted by Gasteiger charge is 2.40. The number of rotatable bonds is 2. The van der Waals surface area contributed by atoms with E-state index in [9.17, 15) is 9.18 Å². The van der Waals surface area contributed by atoms with E-state index >= 15 is 0 Å². The fourth-order valence-electron chi connectivity index (χ4n) is 3.26. The molecule has 1 atom stereocenters. The predicted octanol–water partition coefficient (Wildman–Crippen LogP) is 1.30. The van der Waals surface area contributed by atoms with Gasteiger partial charge in [-0.1, -0.05) is 0 Å². The molecule has 2 fully saturated rings. The van der Waals surface area contributed by atoms with Crippen LogP contribution in [0.2, 0.25) is 0 Å². The Hall–Kier alpha value is -2.38. The number of carbonyl (C=O) groups is 1. The van der Waals surface area contributed by atoms with Gasteiger partial charge in [-0.3, -0.25) is 4.79 Å². The molecule has 0 radical (unpaired) electrons. The van der Waals surface area contributed by atoms with Crippen molar-refractivity contribution in [3.8, 4) is 0 Å². The number of nitrogens with zero attached hydrogens (tertiary/aromatic N) is 6. The summed E-state index contributed by atoms with van der Waals surface area (Å²) < 4.78 is 14.0. The minimum atomic E-state index is -1.65. The zero-order valence-electron chi connectivity index (χ0n) is 14.4. The molecule has 0 bridgehead atoms. The van der Waals surface area contributed by atoms with Crippen molar-refractivity contribution in [1.82, 2.24) is 14.9 Å². The van der Waals surface area contributed by atoms with Crippen LogP contribution in [0.3, 0.4) is 0 Å². The first-order valence-corrected chi connectivity index (χ1v) is 8.68. The number of aromatic nitrogens is 2. The third-order valence-corrected chi connectivity index (χ3v) is 5.08. The Balaban J connectivity index is 1.48. The standard InChI is InChI=1S/C17H21FN6O/c1-10-11(2)19-9-20-15(10)23-5-7-24(8-6-23)17-21-14(12-3-4-12)13(18)16(25)22-17/h9,12-13H,3-8H2,1-2H3. The summed E-state index contributed by atoms with van der Waals surface area (Å²) in [5.74, 6) is 0.727. The van der Waals surface area contributed by atoms with Crippen LogP contribution in [0.15, 0.2) is 16.3 Å². The molecule has 0 aromatic carbocycles. The van der Waals surface area contributed by atoms with Crippen LogP contribution in [0.5, 0.6) is 0 Å². The van der Waals surface area contributed by atoms with Gasteiger partial charge in [0, 0.05) is 43.4 Å². The van der Waals surface area contributed by atoms with Crippen LogP contribution in [-0.2, 0) is 4.79 Å². The van der Waals surface area contributed by atoms with E-state index in [2.05, 4.69) is 24.9 Å². The lowest BCUT2D eigenvalue weighted by Crippen LogP contribution is -2.50. The maximum Gasteiger partial charge on any atom is 0.289 e. The van der Waals surface area contributed by atoms with E-state index in [1.165, 1.54) is 0 Å². The second kappa shape index (κ2) is 6.16. The molecule has 132 valence electrons. The summed E-state index contributed by atoms with van der Waals surface area (Å²) in [5, 5.41) is 0. The number of carbonyl (C=O) groups excluding carboxylic acids is 1. The molecule has 4 rings (SSSR count). The molecule has 25 heavy (non-hydrogen) atoms. The summed E-state index contributed by atoms with van der Waals surface area (Å²) in [4.78, 5) is 32.9. The maximum absolute atomic E-state index is 14.0. The zero-order chi connectivity index (χ0) is 17.6. The number of aryl methyl sites for hydroxylation is 1. The summed E-state index contributed by atoms with van der Waals surface area (Å²) in [6, 6.07) is 0. The first-order valence-electron chi connectivity index (χ1n) is 8.68. The van der Waals surface area contributed by atoms with Gasteiger partial charge in [-0.25, -0.2) is 19.4 Å². The largest absolute Gasteiger partial charge is 0.353 e. The van der Waals surface area contributed by atoms with Crippen LogP contribution in [0, 0.1) is 19.8 Å². The van der Waals surface area contributed by atoms with Gasteiger partial charge in [0.15, 0.2) is 0 Å². The van der Waals surface area contributed by atoms with Crippen molar-refractivity contribution >= 4 is 23.4 Å². The van der Waals surface area contributed by atoms with Gasteiger partial charge in [0.1, 0.15) is 12.1 Å². The van der Waals surface area contributed by atoms with Gasteiger partial charge in [-0.15, -0.1) is 0 Å². The lowest BCUT2D eigenvalue weighted by atomic mass is 10.1. The molecular formula is C17H21FN6O. The van der Waals surface area contributed by atoms with Crippen molar-refractivity contribution in [3.63, 3.8) is 0 Å². The molecule has 1 amide bonds. The molecule has 1 unspecified atom stereocenters. The van der Waals surface area contributed by atoms with E-state index in [0.29, 0.717) is 24.8 Å². The summed E-state index contributed by atoms with van der Waals surface area (Å²) in [5.41, 5.74) is 2.43. The van der Waals surface area contributed by atoms with Gasteiger partial charge in [0.25, 0.3) is 5.91 Å². The SMILES string of the molecule is Cc1ncnc(N2CCN(C3=NC(=O)C(F)C(C4CC4)=N3)CC2)c1C. The van der Waals surface area contributed by atoms with E-state index in [1.54, 1.807) is 6.33 Å². The molecule has 1 saturated heterocycles. The first kappa shape index (κ1) is 16.1. The van der Waals surface area contributed by atoms with Crippen molar-refractivity contribution in [2.45, 2.75) is 32.9 Å². The third kappa shape index (κ3) is 3.01. The van der Waals surface area contributed by atoms with Crippen LogP contribution in [-0.4, -0.2) is 64.8 Å². The smallest absolute Gasteiger partial charge is 0.289 e. The second-order valence-corrected chi connectivity index (χ2v) is 6.81. The second-order valence-electron chi connectivity index (χ2n) is 6.81. The molecule has 1 aromatic heterocycles. The van der Waals surface area contributed by atoms with Gasteiger partial charge >= 0.3 is 0 Å². The minimum absolute atomic E-state index is 0.123. The number of guanidine groups is 1. The monoisotopic (exact) mass is 344 g/mol. The van der Waals surface area contributed by atoms with E-state index in [0.717, 1.165) is 43.0 Å². The van der Waals surface area contributed by atoms with Crippen LogP contribution < -0.4 is 4.90 Å². The normalized spacial score (nSPS) is 24.3. The predicted molar refractivity (Wildman–Crippen MR) is 92.8 cm³/mol. The lowest BCUT2D eigenvalue weighted by Gasteiger charge is -2.37. The van der Waals surface area contributed by atoms with E-state index in [1.807, 2.05) is 18.7 Å². The van der Waals surface area contributed by atoms with Crippen molar-refractivity contribution in [2.75, 3.05) is 31.1 Å². The zero-order valence-corrected chi connectivity index (χ0v) is 14.4. The van der Waals surface area contributed by atoms with E-state index in [4.69, 9.17) is 0 Å². The summed E-state index contributed by atoms with van der Waals surface area (Å²) >= 11 is 0. The van der Waals surface area contributed by atoms with Gasteiger partial charge in [0.05, 0.1) is 5.71 Å². The van der Waals surface area contributed by atoms with Gasteiger partial charge < -0.3 is 9.80 Å². The van der Waals surface area contributed by atoms with Gasteiger partial charge in [-0.2, -0.15) is 4.99 Å². The Morgan fingerprint density at radius 2 is 1.72 bits per heavy atom. The molecule has 7 nitrogen and oxygen atoms in total. The number of piperazine rings is 1. The molecule has 3 heterocycles. The summed E-state index contributed by atoms with van der Waals surface area (Å²) in [7, 11) is 0. The minimum Gasteiger partial charge on any atom is -0.353 e. The number of aliphatic imine (C=N–C) groups is 2. The fraction of sp³-hybridized carbons (Fsp3) is 0.588. The number of hydrogen-bond donors (Lipinski definition) is 0. The Labute approximate surface area is 145 Å². The highest BCUT2D eigenvalue weighted by Crippen LogP contribution is 2.34. The molecule has 2 aliphatic heterocycles. The van der Waals surface area contributed by atoms with Crippen molar-refractivity contribution in [3.05, 3.63) is 17.6 Å². The highest BCUT2D eigenvalue weighted by atomic mass is 19.1. The van der Waals surface area contributed by atoms with Crippen LogP contribution in [0.25, 0.3) is 0 Å². The molecule has 3 aliphatic rings. The molecule has 0 N–H and O–H groups in total. The Morgan fingerprint density at radius 3 is 2.40 bits per heavy atom. The number of alkyl halides is 1. The van der Waals surface area contributed by atoms with Crippen molar-refractivity contribution in [1.29, 1.82) is 0 Å². The van der Waals surface area contributed by atoms with Crippen LogP contribution in [0.1, 0.15) is 24.1 Å². The molecule has 0 spiro atoms. The first-order chi connectivity index (χ1) is 12.0. The molecule has 1 aromatic rings. The Kier molecular flexibility index (Phi) is 3.97. The summed E-state index contributed by atoms with van der Waals surface area (Å²) in [6.45, 7) is 6.84. The number of anilines is 1. The van der Waals surface area contributed by atoms with E-state index < -0.39 is 12.1 Å². The average molecular weight is 344 g/mol. The number of halogens is 1. The number of amides is 1. The average Bonchev–Trinajstić information content (AvgIpc) is 3.45. The fourth-order valence-corrected chi connectivity index (χ4v) is 3.26. The highest BCUT2D eigenvalue weighted by molar-refractivity contribution is 6.18. The third-order valence-electron chi connectivity index (χ3n) is 5.08. The maximum atomic E-state index is 14.0. The van der Waals surface area contributed by atoms with Crippen molar-refractivity contribution < 1.29 is 9.18 Å². The van der Waals surface area contributed by atoms with Crippen molar-refractivity contribution in [2.24, 2.45) is 15.9 Å². The molecule has 8 heteroatoms. The Morgan fingerprint density at radius 1 is 1.04 bits per heavy atom. The lowest BCUT2D eigenvalue weighted by molar-refractivity contribution is -0.120. The molecule has 1 aliphatic carbocycles. The van der Waals surface area contributed by atoms with Gasteiger partial charge in [0.2, 0.25) is 12.1 Å². The number of hydrogen-bond acceptors (Lipinski definition) is 6. The molecular weight excluding hydrogens is 323 g/mol. The summed E-state index contributed by atoms with van der Waals surface area (Å²) in [6.07, 6.45) is 1.77. The quantitative estimate of drug-likeness (QED) is 0.808. The van der Waals surface area contributed by atoms with Crippen LogP contribution >= 0.6 is 0 Å². The topological polar surface area (TPSA) is 74.1 Å². The molecule has 1 saturated carbocycles.